The summed E-state index contributed by atoms with van der Waals surface area (Å²) < 4.78 is 4.78. The average molecular weight is 508 g/mol. The number of aryl methyl sites for hydroxylation is 2. The summed E-state index contributed by atoms with van der Waals surface area (Å²) in [6, 6.07) is 16.6. The zero-order chi connectivity index (χ0) is 24.2. The third-order valence-corrected chi connectivity index (χ3v) is 8.35. The van der Waals surface area contributed by atoms with Crippen molar-refractivity contribution in [1.82, 2.24) is 24.6 Å². The molecule has 1 amide bonds. The van der Waals surface area contributed by atoms with Crippen LogP contribution < -0.4 is 10.2 Å². The van der Waals surface area contributed by atoms with Crippen molar-refractivity contribution in [2.24, 2.45) is 0 Å². The van der Waals surface area contributed by atoms with Crippen LogP contribution in [0.2, 0.25) is 0 Å². The number of fused-ring (bicyclic) bond motifs is 1. The van der Waals surface area contributed by atoms with E-state index < -0.39 is 0 Å². The first kappa shape index (κ1) is 23.8. The molecule has 5 rings (SSSR count). The first-order valence-electron chi connectivity index (χ1n) is 12.0. The Labute approximate surface area is 212 Å². The number of hydrogen-bond acceptors (Lipinski definition) is 6. The van der Waals surface area contributed by atoms with Crippen LogP contribution in [0.1, 0.15) is 42.6 Å². The summed E-state index contributed by atoms with van der Waals surface area (Å²) in [7, 11) is 0. The molecule has 1 aliphatic carbocycles. The number of hydrogen-bond donors (Lipinski definition) is 1. The molecule has 182 valence electrons. The fourth-order valence-corrected chi connectivity index (χ4v) is 6.34. The minimum absolute atomic E-state index is 0.00965. The lowest BCUT2D eigenvalue weighted by atomic mass is 10.1. The fourth-order valence-electron chi connectivity index (χ4n) is 4.65. The summed E-state index contributed by atoms with van der Waals surface area (Å²) in [4.78, 5) is 25.2. The first-order chi connectivity index (χ1) is 17.1. The number of aromatic nitrogens is 4. The molecular formula is C26H29N5O2S2. The number of benzene rings is 2. The fraction of sp³-hybridized carbons (Fsp3) is 0.385. The van der Waals surface area contributed by atoms with Gasteiger partial charge in [0.15, 0.2) is 11.0 Å². The standard InChI is InChI=1S/C26H29N5O2S2/c1-18-7-6-8-19(15-18)13-14-30-23(16-31-21-11-4-5-12-22(21)35-26(31)33)28-29-25(30)34-17-24(32)27-20-9-2-3-10-20/h4-8,11-12,15,20H,2-3,9-10,13-14,16-17H2,1H3,(H,27,32). The zero-order valence-electron chi connectivity index (χ0n) is 19.8. The van der Waals surface area contributed by atoms with E-state index in [2.05, 4.69) is 51.3 Å². The van der Waals surface area contributed by atoms with E-state index in [4.69, 9.17) is 0 Å². The maximum Gasteiger partial charge on any atom is 0.308 e. The van der Waals surface area contributed by atoms with Crippen LogP contribution in [0.15, 0.2) is 58.5 Å². The molecule has 2 aromatic heterocycles. The lowest BCUT2D eigenvalue weighted by molar-refractivity contribution is -0.119. The average Bonchev–Trinajstić information content (AvgIpc) is 3.57. The third kappa shape index (κ3) is 5.67. The summed E-state index contributed by atoms with van der Waals surface area (Å²) in [5, 5.41) is 12.7. The Balaban J connectivity index is 1.37. The predicted molar refractivity (Wildman–Crippen MR) is 141 cm³/mol. The molecule has 0 atom stereocenters. The molecule has 1 aliphatic rings. The number of para-hydroxylation sites is 1. The van der Waals surface area contributed by atoms with Crippen molar-refractivity contribution < 1.29 is 4.79 Å². The molecular weight excluding hydrogens is 478 g/mol. The van der Waals surface area contributed by atoms with Gasteiger partial charge in [-0.25, -0.2) is 0 Å². The molecule has 35 heavy (non-hydrogen) atoms. The Hall–Kier alpha value is -2.91. The summed E-state index contributed by atoms with van der Waals surface area (Å²) in [6.45, 7) is 3.11. The van der Waals surface area contributed by atoms with Crippen molar-refractivity contribution in [2.75, 3.05) is 5.75 Å². The minimum Gasteiger partial charge on any atom is -0.353 e. The van der Waals surface area contributed by atoms with E-state index in [0.29, 0.717) is 30.0 Å². The molecule has 0 spiro atoms. The largest absolute Gasteiger partial charge is 0.353 e. The van der Waals surface area contributed by atoms with Gasteiger partial charge in [0.2, 0.25) is 5.91 Å². The van der Waals surface area contributed by atoms with Gasteiger partial charge < -0.3 is 9.88 Å². The number of thiazole rings is 1. The molecule has 2 heterocycles. The lowest BCUT2D eigenvalue weighted by Gasteiger charge is -2.13. The van der Waals surface area contributed by atoms with Gasteiger partial charge in [0.25, 0.3) is 0 Å². The number of carbonyl (C=O) groups is 1. The number of nitrogens with one attached hydrogen (secondary N) is 1. The molecule has 0 radical (unpaired) electrons. The summed E-state index contributed by atoms with van der Waals surface area (Å²) in [5.41, 5.74) is 3.36. The number of carbonyl (C=O) groups excluding carboxylic acids is 1. The van der Waals surface area contributed by atoms with Crippen molar-refractivity contribution in [3.63, 3.8) is 0 Å². The van der Waals surface area contributed by atoms with E-state index in [1.54, 1.807) is 4.57 Å². The number of nitrogens with zero attached hydrogens (tertiary/aromatic N) is 4. The maximum absolute atomic E-state index is 12.7. The molecule has 9 heteroatoms. The summed E-state index contributed by atoms with van der Waals surface area (Å²) >= 11 is 2.65. The van der Waals surface area contributed by atoms with Crippen molar-refractivity contribution in [3.8, 4) is 0 Å². The van der Waals surface area contributed by atoms with Crippen molar-refractivity contribution >= 4 is 39.2 Å². The molecule has 7 nitrogen and oxygen atoms in total. The van der Waals surface area contributed by atoms with Gasteiger partial charge in [0.1, 0.15) is 0 Å². The number of rotatable bonds is 9. The second kappa shape index (κ2) is 10.8. The van der Waals surface area contributed by atoms with E-state index in [1.165, 1.54) is 47.1 Å². The number of amides is 1. The maximum atomic E-state index is 12.7. The highest BCUT2D eigenvalue weighted by Crippen LogP contribution is 2.22. The van der Waals surface area contributed by atoms with Gasteiger partial charge in [-0.2, -0.15) is 0 Å². The van der Waals surface area contributed by atoms with Gasteiger partial charge in [-0.1, -0.05) is 77.9 Å². The molecule has 0 unspecified atom stereocenters. The van der Waals surface area contributed by atoms with E-state index in [1.807, 2.05) is 24.3 Å². The van der Waals surface area contributed by atoms with Crippen LogP contribution in [0, 0.1) is 6.92 Å². The highest BCUT2D eigenvalue weighted by molar-refractivity contribution is 7.99. The van der Waals surface area contributed by atoms with Crippen LogP contribution in [0.25, 0.3) is 10.2 Å². The van der Waals surface area contributed by atoms with Gasteiger partial charge in [0, 0.05) is 12.6 Å². The Morgan fingerprint density at radius 3 is 2.77 bits per heavy atom. The van der Waals surface area contributed by atoms with Gasteiger partial charge in [-0.05, 0) is 43.9 Å². The molecule has 4 aromatic rings. The van der Waals surface area contributed by atoms with E-state index >= 15 is 0 Å². The lowest BCUT2D eigenvalue weighted by Crippen LogP contribution is -2.33. The normalized spacial score (nSPS) is 14.1. The van der Waals surface area contributed by atoms with Crippen LogP contribution in [0.5, 0.6) is 0 Å². The van der Waals surface area contributed by atoms with Crippen molar-refractivity contribution in [2.45, 2.75) is 63.3 Å². The number of thioether (sulfide) groups is 1. The molecule has 0 saturated heterocycles. The van der Waals surface area contributed by atoms with Gasteiger partial charge >= 0.3 is 4.87 Å². The molecule has 0 aliphatic heterocycles. The van der Waals surface area contributed by atoms with Crippen molar-refractivity contribution in [3.05, 3.63) is 75.1 Å². The topological polar surface area (TPSA) is 81.8 Å². The minimum atomic E-state index is -0.00965. The smallest absolute Gasteiger partial charge is 0.308 e. The summed E-state index contributed by atoms with van der Waals surface area (Å²) in [5.74, 6) is 1.07. The predicted octanol–water partition coefficient (Wildman–Crippen LogP) is 4.40. The van der Waals surface area contributed by atoms with Gasteiger partial charge in [-0.15, -0.1) is 10.2 Å². The van der Waals surface area contributed by atoms with Gasteiger partial charge in [0.05, 0.1) is 22.5 Å². The Bertz CT molecular complexity index is 1380. The van der Waals surface area contributed by atoms with Gasteiger partial charge in [-0.3, -0.25) is 14.2 Å². The molecule has 1 saturated carbocycles. The Morgan fingerprint density at radius 2 is 1.94 bits per heavy atom. The molecule has 2 aromatic carbocycles. The van der Waals surface area contributed by atoms with Crippen LogP contribution in [-0.2, 0) is 24.3 Å². The molecule has 1 N–H and O–H groups in total. The Kier molecular flexibility index (Phi) is 7.34. The summed E-state index contributed by atoms with van der Waals surface area (Å²) in [6.07, 6.45) is 5.32. The first-order valence-corrected chi connectivity index (χ1v) is 13.9. The highest BCUT2D eigenvalue weighted by Gasteiger charge is 2.20. The van der Waals surface area contributed by atoms with E-state index in [0.717, 1.165) is 35.3 Å². The SMILES string of the molecule is Cc1cccc(CCn2c(Cn3c(=O)sc4ccccc43)nnc2SCC(=O)NC2CCCC2)c1. The Morgan fingerprint density at radius 1 is 1.11 bits per heavy atom. The molecule has 0 bridgehead atoms. The monoisotopic (exact) mass is 507 g/mol. The quantitative estimate of drug-likeness (QED) is 0.340. The third-order valence-electron chi connectivity index (χ3n) is 6.43. The molecule has 1 fully saturated rings. The second-order valence-corrected chi connectivity index (χ2v) is 11.0. The van der Waals surface area contributed by atoms with Crippen LogP contribution in [-0.4, -0.2) is 37.0 Å². The van der Waals surface area contributed by atoms with Crippen LogP contribution in [0.3, 0.4) is 0 Å². The van der Waals surface area contributed by atoms with E-state index in [-0.39, 0.29) is 10.8 Å². The zero-order valence-corrected chi connectivity index (χ0v) is 21.4. The second-order valence-electron chi connectivity index (χ2n) is 9.05. The van der Waals surface area contributed by atoms with Crippen LogP contribution >= 0.6 is 23.1 Å². The van der Waals surface area contributed by atoms with Crippen LogP contribution in [0.4, 0.5) is 0 Å². The van der Waals surface area contributed by atoms with E-state index in [9.17, 15) is 9.59 Å². The highest BCUT2D eigenvalue weighted by atomic mass is 32.2. The van der Waals surface area contributed by atoms with Crippen molar-refractivity contribution in [1.29, 1.82) is 0 Å².